The highest BCUT2D eigenvalue weighted by molar-refractivity contribution is 8.00. The molecule has 0 aliphatic heterocycles. The zero-order valence-corrected chi connectivity index (χ0v) is 16.7. The number of nitrogens with zero attached hydrogens (tertiary/aromatic N) is 3. The number of halogens is 1. The minimum atomic E-state index is -0.546. The molecule has 0 spiro atoms. The van der Waals surface area contributed by atoms with Gasteiger partial charge in [0.2, 0.25) is 5.95 Å². The molecule has 4 rings (SSSR count). The van der Waals surface area contributed by atoms with Crippen LogP contribution in [0.3, 0.4) is 0 Å². The molecular formula is C20H21FN4O2S. The van der Waals surface area contributed by atoms with Crippen LogP contribution < -0.4 is 4.74 Å². The van der Waals surface area contributed by atoms with Crippen molar-refractivity contribution in [3.05, 3.63) is 42.7 Å². The van der Waals surface area contributed by atoms with Crippen LogP contribution in [0.1, 0.15) is 20.8 Å². The average Bonchev–Trinajstić information content (AvgIpc) is 3.23. The van der Waals surface area contributed by atoms with E-state index < -0.39 is 5.95 Å². The number of aliphatic hydroxyl groups is 1. The number of thioether (sulfide) groups is 1. The zero-order chi connectivity index (χ0) is 19.9. The van der Waals surface area contributed by atoms with Gasteiger partial charge in [-0.2, -0.15) is 9.49 Å². The molecule has 0 aromatic carbocycles. The Morgan fingerprint density at radius 1 is 1.29 bits per heavy atom. The molecule has 8 heteroatoms. The van der Waals surface area contributed by atoms with Crippen molar-refractivity contribution in [2.75, 3.05) is 13.2 Å². The van der Waals surface area contributed by atoms with Gasteiger partial charge in [0.25, 0.3) is 0 Å². The zero-order valence-electron chi connectivity index (χ0n) is 15.9. The molecule has 0 atom stereocenters. The number of nitrogens with one attached hydrogen (secondary N) is 1. The van der Waals surface area contributed by atoms with Crippen molar-refractivity contribution < 1.29 is 14.2 Å². The Balaban J connectivity index is 1.87. The molecule has 28 heavy (non-hydrogen) atoms. The molecule has 0 aliphatic rings. The summed E-state index contributed by atoms with van der Waals surface area (Å²) in [6, 6.07) is 5.59. The van der Waals surface area contributed by atoms with E-state index >= 15 is 0 Å². The van der Waals surface area contributed by atoms with Crippen molar-refractivity contribution in [2.45, 2.75) is 30.4 Å². The number of aromatic nitrogens is 4. The molecular weight excluding hydrogens is 379 g/mol. The molecule has 0 radical (unpaired) electrons. The number of H-pyrrole nitrogens is 1. The fourth-order valence-corrected chi connectivity index (χ4v) is 4.06. The third-order valence-electron chi connectivity index (χ3n) is 4.13. The van der Waals surface area contributed by atoms with Crippen LogP contribution in [-0.2, 0) is 0 Å². The molecule has 0 amide bonds. The van der Waals surface area contributed by atoms with Gasteiger partial charge in [0, 0.05) is 27.5 Å². The highest BCUT2D eigenvalue weighted by Crippen LogP contribution is 2.40. The van der Waals surface area contributed by atoms with Crippen LogP contribution in [0, 0.1) is 5.95 Å². The summed E-state index contributed by atoms with van der Waals surface area (Å²) >= 11 is 1.65. The summed E-state index contributed by atoms with van der Waals surface area (Å²) in [6.45, 7) is 6.45. The van der Waals surface area contributed by atoms with Gasteiger partial charge in [-0.05, 0) is 18.2 Å². The molecule has 0 saturated carbocycles. The monoisotopic (exact) mass is 400 g/mol. The van der Waals surface area contributed by atoms with Gasteiger partial charge >= 0.3 is 0 Å². The summed E-state index contributed by atoms with van der Waals surface area (Å²) in [5, 5.41) is 14.3. The molecule has 2 N–H and O–H groups in total. The smallest absolute Gasteiger partial charge is 0.222 e. The fourth-order valence-electron chi connectivity index (χ4n) is 3.02. The highest BCUT2D eigenvalue weighted by Gasteiger charge is 2.20. The highest BCUT2D eigenvalue weighted by atomic mass is 32.2. The maximum absolute atomic E-state index is 14.7. The number of aliphatic hydroxyl groups excluding tert-OH is 1. The molecule has 0 fully saturated rings. The van der Waals surface area contributed by atoms with Crippen molar-refractivity contribution in [1.29, 1.82) is 0 Å². The van der Waals surface area contributed by atoms with Crippen molar-refractivity contribution >= 4 is 28.3 Å². The van der Waals surface area contributed by atoms with Crippen LogP contribution in [0.2, 0.25) is 0 Å². The maximum Gasteiger partial charge on any atom is 0.222 e. The Kier molecular flexibility index (Phi) is 4.76. The summed E-state index contributed by atoms with van der Waals surface area (Å²) in [5.41, 5.74) is 2.34. The minimum Gasteiger partial charge on any atom is -0.488 e. The van der Waals surface area contributed by atoms with E-state index in [-0.39, 0.29) is 18.0 Å². The Morgan fingerprint density at radius 3 is 2.86 bits per heavy atom. The van der Waals surface area contributed by atoms with E-state index in [1.165, 1.54) is 0 Å². The summed E-state index contributed by atoms with van der Waals surface area (Å²) < 4.78 is 22.0. The quantitative estimate of drug-likeness (QED) is 0.386. The first-order valence-electron chi connectivity index (χ1n) is 8.94. The molecule has 4 aromatic heterocycles. The molecule has 0 unspecified atom stereocenters. The van der Waals surface area contributed by atoms with Crippen LogP contribution >= 0.6 is 11.8 Å². The molecule has 146 valence electrons. The van der Waals surface area contributed by atoms with Crippen LogP contribution in [0.5, 0.6) is 5.75 Å². The first kappa shape index (κ1) is 18.8. The largest absolute Gasteiger partial charge is 0.488 e. The second-order valence-electron chi connectivity index (χ2n) is 7.42. The summed E-state index contributed by atoms with van der Waals surface area (Å²) in [6.07, 6.45) is 5.14. The van der Waals surface area contributed by atoms with Gasteiger partial charge in [0.05, 0.1) is 29.4 Å². The van der Waals surface area contributed by atoms with Gasteiger partial charge in [-0.25, -0.2) is 9.50 Å². The van der Waals surface area contributed by atoms with E-state index in [0.717, 1.165) is 15.8 Å². The van der Waals surface area contributed by atoms with Crippen molar-refractivity contribution in [1.82, 2.24) is 19.6 Å². The fraction of sp³-hybridized carbons (Fsp3) is 0.300. The second kappa shape index (κ2) is 7.10. The first-order chi connectivity index (χ1) is 13.4. The number of hydrogen-bond donors (Lipinski definition) is 2. The Bertz CT molecular complexity index is 1150. The Labute approximate surface area is 165 Å². The summed E-state index contributed by atoms with van der Waals surface area (Å²) in [7, 11) is 0. The van der Waals surface area contributed by atoms with Crippen LogP contribution in [-0.4, -0.2) is 42.6 Å². The lowest BCUT2D eigenvalue weighted by molar-refractivity contribution is 0.198. The number of fused-ring (bicyclic) bond motifs is 2. The van der Waals surface area contributed by atoms with E-state index in [9.17, 15) is 4.39 Å². The second-order valence-corrected chi connectivity index (χ2v) is 9.29. The maximum atomic E-state index is 14.7. The number of rotatable bonds is 5. The minimum absolute atomic E-state index is 0.0489. The summed E-state index contributed by atoms with van der Waals surface area (Å²) in [5.74, 6) is 0.0892. The Hall–Kier alpha value is -2.58. The van der Waals surface area contributed by atoms with E-state index in [2.05, 4.69) is 35.8 Å². The van der Waals surface area contributed by atoms with E-state index in [1.807, 2.05) is 12.1 Å². The number of pyridine rings is 2. The topological polar surface area (TPSA) is 75.4 Å². The van der Waals surface area contributed by atoms with Crippen molar-refractivity contribution in [3.8, 4) is 16.9 Å². The van der Waals surface area contributed by atoms with Crippen LogP contribution in [0.25, 0.3) is 27.7 Å². The molecule has 0 aliphatic carbocycles. The van der Waals surface area contributed by atoms with E-state index in [1.54, 1.807) is 40.9 Å². The lowest BCUT2D eigenvalue weighted by Crippen LogP contribution is -2.09. The Morgan fingerprint density at radius 2 is 2.11 bits per heavy atom. The lowest BCUT2D eigenvalue weighted by Gasteiger charge is -2.20. The third-order valence-corrected chi connectivity index (χ3v) is 5.28. The van der Waals surface area contributed by atoms with Crippen LogP contribution in [0.15, 0.2) is 41.7 Å². The van der Waals surface area contributed by atoms with E-state index in [4.69, 9.17) is 9.84 Å². The van der Waals surface area contributed by atoms with Crippen molar-refractivity contribution in [2.24, 2.45) is 0 Å². The number of aromatic amines is 1. The normalized spacial score (nSPS) is 12.2. The molecule has 6 nitrogen and oxygen atoms in total. The predicted octanol–water partition coefficient (Wildman–Crippen LogP) is 4.28. The lowest BCUT2D eigenvalue weighted by atomic mass is 10.1. The predicted molar refractivity (Wildman–Crippen MR) is 108 cm³/mol. The van der Waals surface area contributed by atoms with Gasteiger partial charge in [-0.1, -0.05) is 20.8 Å². The third kappa shape index (κ3) is 3.57. The van der Waals surface area contributed by atoms with Crippen LogP contribution in [0.4, 0.5) is 4.39 Å². The molecule has 4 heterocycles. The van der Waals surface area contributed by atoms with Gasteiger partial charge in [0.15, 0.2) is 5.75 Å². The van der Waals surface area contributed by atoms with Gasteiger partial charge < -0.3 is 14.8 Å². The molecule has 0 saturated heterocycles. The molecule has 4 aromatic rings. The van der Waals surface area contributed by atoms with Gasteiger partial charge in [0.1, 0.15) is 12.3 Å². The molecule has 0 bridgehead atoms. The summed E-state index contributed by atoms with van der Waals surface area (Å²) in [4.78, 5) is 7.85. The van der Waals surface area contributed by atoms with Gasteiger partial charge in [-0.3, -0.25) is 0 Å². The van der Waals surface area contributed by atoms with E-state index in [0.29, 0.717) is 22.5 Å². The number of hydrogen-bond acceptors (Lipinski definition) is 5. The SMILES string of the molecule is CC(C)(C)Sc1cc2c(-c3cc4cc[nH]c4nc3F)cnn2cc1OCCO. The van der Waals surface area contributed by atoms with Crippen molar-refractivity contribution in [3.63, 3.8) is 0 Å². The number of ether oxygens (including phenoxy) is 1. The first-order valence-corrected chi connectivity index (χ1v) is 9.75. The average molecular weight is 400 g/mol. The van der Waals surface area contributed by atoms with Gasteiger partial charge in [-0.15, -0.1) is 11.8 Å². The standard InChI is InChI=1S/C20H21FN4O2S/c1-20(2,3)28-17-9-15-14(10-23-25(15)11-16(17)27-7-6-26)13-8-12-4-5-22-19(12)24-18(13)21/h4-5,8-11,26H,6-7H2,1-3H3,(H,22,24).